The summed E-state index contributed by atoms with van der Waals surface area (Å²) in [7, 11) is 0. The van der Waals surface area contributed by atoms with Crippen LogP contribution in [0.5, 0.6) is 0 Å². The molecule has 3 rings (SSSR count). The van der Waals surface area contributed by atoms with Gasteiger partial charge in [0.25, 0.3) is 0 Å². The molecule has 0 unspecified atom stereocenters. The fourth-order valence-electron chi connectivity index (χ4n) is 2.68. The van der Waals surface area contributed by atoms with Gasteiger partial charge in [-0.05, 0) is 36.1 Å². The molecule has 0 N–H and O–H groups in total. The van der Waals surface area contributed by atoms with Gasteiger partial charge in [0.2, 0.25) is 0 Å². The van der Waals surface area contributed by atoms with Crippen molar-refractivity contribution in [1.29, 1.82) is 0 Å². The molecule has 0 saturated carbocycles. The van der Waals surface area contributed by atoms with Crippen molar-refractivity contribution in [3.63, 3.8) is 0 Å². The minimum Gasteiger partial charge on any atom is -0.307 e. The van der Waals surface area contributed by atoms with E-state index in [0.29, 0.717) is 5.88 Å². The molecular formula is C17H18ClN3. The van der Waals surface area contributed by atoms with E-state index < -0.39 is 0 Å². The molecule has 3 aromatic rings. The van der Waals surface area contributed by atoms with Crippen LogP contribution in [0.1, 0.15) is 29.4 Å². The van der Waals surface area contributed by atoms with Gasteiger partial charge in [-0.1, -0.05) is 31.2 Å². The quantitative estimate of drug-likeness (QED) is 0.679. The van der Waals surface area contributed by atoms with Crippen LogP contribution in [0.25, 0.3) is 11.2 Å². The van der Waals surface area contributed by atoms with Gasteiger partial charge in [-0.25, -0.2) is 9.97 Å². The van der Waals surface area contributed by atoms with Gasteiger partial charge in [0.05, 0.1) is 12.4 Å². The summed E-state index contributed by atoms with van der Waals surface area (Å²) in [6.07, 6.45) is 2.85. The summed E-state index contributed by atoms with van der Waals surface area (Å²) in [6.45, 7) is 4.99. The van der Waals surface area contributed by atoms with Gasteiger partial charge < -0.3 is 4.57 Å². The summed E-state index contributed by atoms with van der Waals surface area (Å²) in [4.78, 5) is 9.15. The highest BCUT2D eigenvalue weighted by Gasteiger charge is 2.13. The maximum atomic E-state index is 6.08. The number of hydrogen-bond donors (Lipinski definition) is 0. The first-order valence-corrected chi connectivity index (χ1v) is 7.71. The van der Waals surface area contributed by atoms with E-state index in [1.165, 1.54) is 11.1 Å². The van der Waals surface area contributed by atoms with Gasteiger partial charge >= 0.3 is 0 Å². The molecule has 2 aromatic heterocycles. The van der Waals surface area contributed by atoms with Crippen molar-refractivity contribution in [2.75, 3.05) is 0 Å². The summed E-state index contributed by atoms with van der Waals surface area (Å²) in [5.74, 6) is 1.27. The molecule has 21 heavy (non-hydrogen) atoms. The molecule has 1 aromatic carbocycles. The highest BCUT2D eigenvalue weighted by molar-refractivity contribution is 6.16. The molecule has 0 spiro atoms. The number of pyridine rings is 1. The van der Waals surface area contributed by atoms with Gasteiger partial charge in [0, 0.05) is 6.20 Å². The van der Waals surface area contributed by atoms with Crippen molar-refractivity contribution < 1.29 is 0 Å². The Bertz CT molecular complexity index is 777. The number of benzene rings is 1. The SMILES string of the molecule is CCc1ccccc1Cn1c(CCl)nc2c(C)ccnc21. The third-order valence-electron chi connectivity index (χ3n) is 3.86. The van der Waals surface area contributed by atoms with Crippen molar-refractivity contribution in [3.8, 4) is 0 Å². The predicted octanol–water partition coefficient (Wildman–Crippen LogP) is 4.09. The van der Waals surface area contributed by atoms with E-state index in [1.807, 2.05) is 12.3 Å². The first-order valence-electron chi connectivity index (χ1n) is 7.18. The van der Waals surface area contributed by atoms with Crippen molar-refractivity contribution in [1.82, 2.24) is 14.5 Å². The normalized spacial score (nSPS) is 11.2. The predicted molar refractivity (Wildman–Crippen MR) is 86.7 cm³/mol. The number of fused-ring (bicyclic) bond motifs is 1. The molecule has 0 aliphatic heterocycles. The summed E-state index contributed by atoms with van der Waals surface area (Å²) in [5, 5.41) is 0. The number of aryl methyl sites for hydroxylation is 2. The molecule has 2 heterocycles. The summed E-state index contributed by atoms with van der Waals surface area (Å²) in [6, 6.07) is 10.5. The number of alkyl halides is 1. The Morgan fingerprint density at radius 2 is 1.90 bits per heavy atom. The second-order valence-corrected chi connectivity index (χ2v) is 5.44. The molecule has 0 radical (unpaired) electrons. The van der Waals surface area contributed by atoms with Crippen LogP contribution >= 0.6 is 11.6 Å². The standard InChI is InChI=1S/C17H18ClN3/c1-3-13-6-4-5-7-14(13)11-21-15(10-18)20-16-12(2)8-9-19-17(16)21/h4-9H,3,10-11H2,1-2H3. The Balaban J connectivity index is 2.13. The number of hydrogen-bond acceptors (Lipinski definition) is 2. The van der Waals surface area contributed by atoms with Gasteiger partial charge in [-0.15, -0.1) is 11.6 Å². The van der Waals surface area contributed by atoms with Crippen LogP contribution in [0.15, 0.2) is 36.5 Å². The van der Waals surface area contributed by atoms with E-state index in [1.54, 1.807) is 0 Å². The second kappa shape index (κ2) is 5.86. The highest BCUT2D eigenvalue weighted by Crippen LogP contribution is 2.21. The molecule has 3 nitrogen and oxygen atoms in total. The third-order valence-corrected chi connectivity index (χ3v) is 4.10. The van der Waals surface area contributed by atoms with E-state index in [9.17, 15) is 0 Å². The van der Waals surface area contributed by atoms with E-state index >= 15 is 0 Å². The monoisotopic (exact) mass is 299 g/mol. The molecule has 0 aliphatic carbocycles. The average molecular weight is 300 g/mol. The number of imidazole rings is 1. The molecule has 0 amide bonds. The minimum absolute atomic E-state index is 0.393. The first-order chi connectivity index (χ1) is 10.2. The van der Waals surface area contributed by atoms with Gasteiger partial charge in [-0.3, -0.25) is 0 Å². The lowest BCUT2D eigenvalue weighted by Crippen LogP contribution is -2.06. The second-order valence-electron chi connectivity index (χ2n) is 5.17. The van der Waals surface area contributed by atoms with Crippen molar-refractivity contribution in [2.24, 2.45) is 0 Å². The first kappa shape index (κ1) is 14.1. The highest BCUT2D eigenvalue weighted by atomic mass is 35.5. The molecule has 108 valence electrons. The molecule has 0 aliphatic rings. The van der Waals surface area contributed by atoms with Crippen molar-refractivity contribution >= 4 is 22.8 Å². The lowest BCUT2D eigenvalue weighted by Gasteiger charge is -2.11. The fraction of sp³-hybridized carbons (Fsp3) is 0.294. The van der Waals surface area contributed by atoms with Crippen LogP contribution in [0.4, 0.5) is 0 Å². The van der Waals surface area contributed by atoms with Crippen LogP contribution in [0.2, 0.25) is 0 Å². The number of aromatic nitrogens is 3. The Hall–Kier alpha value is -1.87. The van der Waals surface area contributed by atoms with E-state index in [-0.39, 0.29) is 0 Å². The van der Waals surface area contributed by atoms with Gasteiger partial charge in [-0.2, -0.15) is 0 Å². The maximum Gasteiger partial charge on any atom is 0.160 e. The topological polar surface area (TPSA) is 30.7 Å². The van der Waals surface area contributed by atoms with E-state index in [0.717, 1.165) is 35.5 Å². The zero-order chi connectivity index (χ0) is 14.8. The average Bonchev–Trinajstić information content (AvgIpc) is 2.87. The zero-order valence-corrected chi connectivity index (χ0v) is 13.1. The third kappa shape index (κ3) is 2.54. The van der Waals surface area contributed by atoms with Crippen LogP contribution in [-0.2, 0) is 18.8 Å². The number of nitrogens with zero attached hydrogens (tertiary/aromatic N) is 3. The lowest BCUT2D eigenvalue weighted by atomic mass is 10.1. The van der Waals surface area contributed by atoms with Gasteiger partial charge in [0.1, 0.15) is 11.3 Å². The fourth-order valence-corrected chi connectivity index (χ4v) is 2.88. The Morgan fingerprint density at radius 3 is 2.62 bits per heavy atom. The van der Waals surface area contributed by atoms with Crippen LogP contribution in [0.3, 0.4) is 0 Å². The maximum absolute atomic E-state index is 6.08. The molecule has 0 fully saturated rings. The van der Waals surface area contributed by atoms with Crippen LogP contribution in [-0.4, -0.2) is 14.5 Å². The largest absolute Gasteiger partial charge is 0.307 e. The van der Waals surface area contributed by atoms with E-state index in [4.69, 9.17) is 11.6 Å². The smallest absolute Gasteiger partial charge is 0.160 e. The van der Waals surface area contributed by atoms with Gasteiger partial charge in [0.15, 0.2) is 5.65 Å². The van der Waals surface area contributed by atoms with Crippen molar-refractivity contribution in [2.45, 2.75) is 32.7 Å². The minimum atomic E-state index is 0.393. The number of rotatable bonds is 4. The van der Waals surface area contributed by atoms with E-state index in [2.05, 4.69) is 52.6 Å². The Morgan fingerprint density at radius 1 is 1.14 bits per heavy atom. The molecule has 4 heteroatoms. The zero-order valence-electron chi connectivity index (χ0n) is 12.3. The summed E-state index contributed by atoms with van der Waals surface area (Å²) >= 11 is 6.08. The van der Waals surface area contributed by atoms with Crippen molar-refractivity contribution in [3.05, 3.63) is 59.0 Å². The molecule has 0 atom stereocenters. The summed E-state index contributed by atoms with van der Waals surface area (Å²) in [5.41, 5.74) is 5.65. The molecular weight excluding hydrogens is 282 g/mol. The summed E-state index contributed by atoms with van der Waals surface area (Å²) < 4.78 is 2.13. The lowest BCUT2D eigenvalue weighted by molar-refractivity contribution is 0.762. The van der Waals surface area contributed by atoms with Crippen LogP contribution < -0.4 is 0 Å². The Labute approximate surface area is 129 Å². The Kier molecular flexibility index (Phi) is 3.93. The molecule has 0 bridgehead atoms. The molecule has 0 saturated heterocycles. The number of halogens is 1. The van der Waals surface area contributed by atoms with Crippen LogP contribution in [0, 0.1) is 6.92 Å².